The summed E-state index contributed by atoms with van der Waals surface area (Å²) in [5.41, 5.74) is 12.7. The third-order valence-corrected chi connectivity index (χ3v) is 15.6. The summed E-state index contributed by atoms with van der Waals surface area (Å²) < 4.78 is 155. The van der Waals surface area contributed by atoms with Crippen LogP contribution in [0.4, 0.5) is 43.9 Å². The number of thiazole rings is 3. The number of alkyl halides is 9. The first kappa shape index (κ1) is 66.9. The fraction of sp³-hybridized carbons (Fsp3) is 0.200. The van der Waals surface area contributed by atoms with Crippen molar-refractivity contribution in [2.45, 2.75) is 59.1 Å². The van der Waals surface area contributed by atoms with Gasteiger partial charge in [0.15, 0.2) is 5.84 Å². The molecule has 0 aliphatic carbocycles. The molecule has 0 unspecified atom stereocenters. The van der Waals surface area contributed by atoms with Crippen molar-refractivity contribution in [3.05, 3.63) is 198 Å². The number of hydrogen-bond acceptors (Lipinski definition) is 16. The number of oxime groups is 1. The standard InChI is InChI=1S/C20H18F3N3O3S.C20H15F3N2O2S.C19H12F4N2OS.CH5N/c1-11-17(10-29-14-7-8-15(18(24)26-27)16(9-14)28-2)30-19(25-11)12-3-5-13(6-4-12)20(21,22)23;1-12-18(11-27-16-8-5-14(10-24)17(9-16)26-2)28-19(25-12)13-3-6-15(7-4-13)20(21,22)23;1-11-17(10-26-15-7-4-13(9-24)16(20)8-15)27-18(25-11)12-2-5-14(6-3-12)19(21,22)23;1-2/h3-9,27H,10H2,1-2H3,(H2,24,26);3-9H,11H2,1-2H3;2-8H,10H2,1H3;2H2,1H3. The number of hydrogen-bond donors (Lipinski definition) is 3. The van der Waals surface area contributed by atoms with E-state index in [2.05, 4.69) is 25.8 Å². The Morgan fingerprint density at radius 2 is 0.828 bits per heavy atom. The van der Waals surface area contributed by atoms with Crippen molar-refractivity contribution < 1.29 is 72.8 Å². The first-order chi connectivity index (χ1) is 41.3. The van der Waals surface area contributed by atoms with Gasteiger partial charge in [-0.2, -0.15) is 50.0 Å². The molecule has 6 aromatic carbocycles. The highest BCUT2D eigenvalue weighted by Crippen LogP contribution is 2.38. The minimum atomic E-state index is -4.38. The molecule has 0 saturated heterocycles. The average molecular weight is 1270 g/mol. The third-order valence-electron chi connectivity index (χ3n) is 12.1. The number of methoxy groups -OCH3 is 2. The first-order valence-corrected chi connectivity index (χ1v) is 27.6. The predicted octanol–water partition coefficient (Wildman–Crippen LogP) is 15.7. The zero-order chi connectivity index (χ0) is 63.8. The number of nitriles is 2. The summed E-state index contributed by atoms with van der Waals surface area (Å²) in [7, 11) is 4.43. The second-order valence-electron chi connectivity index (χ2n) is 17.7. The van der Waals surface area contributed by atoms with Crippen molar-refractivity contribution >= 4 is 39.8 Å². The van der Waals surface area contributed by atoms with E-state index >= 15 is 0 Å². The van der Waals surface area contributed by atoms with Crippen LogP contribution < -0.4 is 35.2 Å². The van der Waals surface area contributed by atoms with Crippen molar-refractivity contribution in [2.75, 3.05) is 21.3 Å². The fourth-order valence-electron chi connectivity index (χ4n) is 7.47. The quantitative estimate of drug-likeness (QED) is 0.0286. The first-order valence-electron chi connectivity index (χ1n) is 25.1. The smallest absolute Gasteiger partial charge is 0.416 e. The van der Waals surface area contributed by atoms with Crippen LogP contribution in [0.2, 0.25) is 0 Å². The third kappa shape index (κ3) is 17.9. The minimum Gasteiger partial charge on any atom is -0.496 e. The maximum Gasteiger partial charge on any atom is 0.416 e. The molecule has 454 valence electrons. The number of halogens is 10. The topological polar surface area (TPSA) is 217 Å². The van der Waals surface area contributed by atoms with Gasteiger partial charge < -0.3 is 40.4 Å². The van der Waals surface area contributed by atoms with Crippen molar-refractivity contribution in [2.24, 2.45) is 16.6 Å². The van der Waals surface area contributed by atoms with Crippen LogP contribution in [0.15, 0.2) is 133 Å². The van der Waals surface area contributed by atoms with E-state index in [1.807, 2.05) is 19.9 Å². The van der Waals surface area contributed by atoms with Gasteiger partial charge in [-0.1, -0.05) is 41.6 Å². The van der Waals surface area contributed by atoms with E-state index in [1.165, 1.54) is 104 Å². The summed E-state index contributed by atoms with van der Waals surface area (Å²) in [6, 6.07) is 32.1. The maximum atomic E-state index is 13.6. The zero-order valence-electron chi connectivity index (χ0n) is 46.6. The summed E-state index contributed by atoms with van der Waals surface area (Å²) in [6.07, 6.45) is -13.1. The van der Waals surface area contributed by atoms with E-state index in [0.717, 1.165) is 68.5 Å². The Labute approximate surface area is 503 Å². The van der Waals surface area contributed by atoms with E-state index < -0.39 is 41.0 Å². The summed E-state index contributed by atoms with van der Waals surface area (Å²) in [5, 5.41) is 31.3. The Bertz CT molecular complexity index is 3890. The highest BCUT2D eigenvalue weighted by Gasteiger charge is 2.32. The number of aromatic nitrogens is 3. The second kappa shape index (κ2) is 29.7. The Morgan fingerprint density at radius 3 is 1.14 bits per heavy atom. The molecule has 0 fully saturated rings. The molecule has 27 heteroatoms. The number of benzene rings is 6. The fourth-order valence-corrected chi connectivity index (χ4v) is 10.4. The molecule has 5 N–H and O–H groups in total. The lowest BCUT2D eigenvalue weighted by molar-refractivity contribution is -0.138. The monoisotopic (exact) mass is 1260 g/mol. The summed E-state index contributed by atoms with van der Waals surface area (Å²) in [5.74, 6) is 1.38. The molecular weight excluding hydrogens is 1210 g/mol. The van der Waals surface area contributed by atoms with Gasteiger partial charge in [-0.05, 0) is 101 Å². The number of aryl methyl sites for hydroxylation is 3. The largest absolute Gasteiger partial charge is 0.496 e. The number of rotatable bonds is 15. The molecule has 0 amide bonds. The molecule has 14 nitrogen and oxygen atoms in total. The van der Waals surface area contributed by atoms with Crippen LogP contribution in [0.5, 0.6) is 28.7 Å². The minimum absolute atomic E-state index is 0.0686. The summed E-state index contributed by atoms with van der Waals surface area (Å²) in [6.45, 7) is 6.00. The number of amidine groups is 1. The number of nitrogens with two attached hydrogens (primary N) is 2. The molecule has 0 aliphatic heterocycles. The van der Waals surface area contributed by atoms with Crippen LogP contribution in [-0.2, 0) is 38.3 Å². The molecule has 0 bridgehead atoms. The van der Waals surface area contributed by atoms with Gasteiger partial charge in [0.05, 0.1) is 79.3 Å². The van der Waals surface area contributed by atoms with Gasteiger partial charge in [-0.15, -0.1) is 34.0 Å². The van der Waals surface area contributed by atoms with E-state index in [4.69, 9.17) is 45.1 Å². The SMILES string of the molecule is CN.COc1cc(OCc2sc(-c3ccc(C(F)(F)F)cc3)nc2C)ccc1C#N.COc1cc(OCc2sc(-c3ccc(C(F)(F)F)cc3)nc2C)ccc1C(N)=NO.Cc1nc(-c2ccc(C(F)(F)F)cc2)sc1COc1ccc(C#N)c(F)c1. The number of ether oxygens (including phenoxy) is 5. The summed E-state index contributed by atoms with van der Waals surface area (Å²) >= 11 is 4.00. The van der Waals surface area contributed by atoms with Crippen molar-refractivity contribution in [3.63, 3.8) is 0 Å². The molecule has 3 aromatic heterocycles. The molecule has 9 aromatic rings. The van der Waals surface area contributed by atoms with Gasteiger partial charge in [-0.3, -0.25) is 0 Å². The zero-order valence-corrected chi connectivity index (χ0v) is 49.0. The molecule has 87 heavy (non-hydrogen) atoms. The van der Waals surface area contributed by atoms with Crippen LogP contribution in [0.1, 0.15) is 65.1 Å². The predicted molar refractivity (Wildman–Crippen MR) is 309 cm³/mol. The van der Waals surface area contributed by atoms with Crippen molar-refractivity contribution in [1.82, 2.24) is 15.0 Å². The van der Waals surface area contributed by atoms with E-state index in [0.29, 0.717) is 71.5 Å². The molecule has 0 radical (unpaired) electrons. The van der Waals surface area contributed by atoms with Crippen LogP contribution in [0, 0.1) is 49.3 Å². The average Bonchev–Trinajstić information content (AvgIpc) is 3.28. The lowest BCUT2D eigenvalue weighted by Crippen LogP contribution is -2.14. The van der Waals surface area contributed by atoms with Gasteiger partial charge in [0, 0.05) is 34.9 Å². The van der Waals surface area contributed by atoms with E-state index in [-0.39, 0.29) is 37.0 Å². The Balaban J connectivity index is 0.000000206. The lowest BCUT2D eigenvalue weighted by atomic mass is 10.1. The van der Waals surface area contributed by atoms with Gasteiger partial charge >= 0.3 is 18.5 Å². The van der Waals surface area contributed by atoms with Gasteiger partial charge in [0.1, 0.15) is 81.5 Å². The highest BCUT2D eigenvalue weighted by atomic mass is 32.1. The van der Waals surface area contributed by atoms with Crippen LogP contribution in [0.25, 0.3) is 31.7 Å². The molecule has 0 atom stereocenters. The normalized spacial score (nSPS) is 11.3. The Morgan fingerprint density at radius 1 is 0.506 bits per heavy atom. The molecule has 9 rings (SSSR count). The van der Waals surface area contributed by atoms with Crippen molar-refractivity contribution in [3.8, 4) is 72.6 Å². The van der Waals surface area contributed by atoms with Crippen molar-refractivity contribution in [1.29, 1.82) is 10.5 Å². The highest BCUT2D eigenvalue weighted by molar-refractivity contribution is 7.15. The summed E-state index contributed by atoms with van der Waals surface area (Å²) in [4.78, 5) is 15.7. The molecule has 0 spiro atoms. The van der Waals surface area contributed by atoms with Gasteiger partial charge in [0.25, 0.3) is 0 Å². The van der Waals surface area contributed by atoms with E-state index in [9.17, 15) is 43.9 Å². The van der Waals surface area contributed by atoms with Crippen LogP contribution in [0.3, 0.4) is 0 Å². The van der Waals surface area contributed by atoms with E-state index in [1.54, 1.807) is 49.4 Å². The Hall–Kier alpha value is -9.28. The van der Waals surface area contributed by atoms with Crippen LogP contribution >= 0.6 is 34.0 Å². The number of nitrogens with zero attached hydrogens (tertiary/aromatic N) is 6. The molecule has 3 heterocycles. The second-order valence-corrected chi connectivity index (χ2v) is 21.0. The van der Waals surface area contributed by atoms with Crippen LogP contribution in [-0.4, -0.2) is 47.3 Å². The van der Waals surface area contributed by atoms with Gasteiger partial charge in [0.2, 0.25) is 0 Å². The van der Waals surface area contributed by atoms with Gasteiger partial charge in [-0.25, -0.2) is 19.3 Å². The lowest BCUT2D eigenvalue weighted by Gasteiger charge is -2.10. The molecular formula is C60H50F10N8O6S3. The molecule has 0 saturated carbocycles. The maximum absolute atomic E-state index is 13.6. The molecule has 0 aliphatic rings. The Kier molecular flexibility index (Phi) is 22.8.